The molecule has 0 bridgehead atoms. The smallest absolute Gasteiger partial charge is 0.262 e. The number of hydrogen-bond donors (Lipinski definition) is 1. The molecule has 0 aliphatic rings. The second-order valence-electron chi connectivity index (χ2n) is 7.81. The molecule has 10 heteroatoms. The van der Waals surface area contributed by atoms with E-state index < -0.39 is 0 Å². The summed E-state index contributed by atoms with van der Waals surface area (Å²) in [6, 6.07) is 15.7. The minimum atomic E-state index is -0.0606. The molecule has 3 aromatic heterocycles. The summed E-state index contributed by atoms with van der Waals surface area (Å²) in [7, 11) is 1.66. The van der Waals surface area contributed by atoms with E-state index in [9.17, 15) is 4.79 Å². The molecule has 2 aromatic carbocycles. The number of thiazole rings is 1. The van der Waals surface area contributed by atoms with Crippen molar-refractivity contribution in [2.75, 3.05) is 19.0 Å². The molecule has 5 aromatic rings. The van der Waals surface area contributed by atoms with E-state index in [0.717, 1.165) is 33.6 Å². The number of hydrogen-bond acceptors (Lipinski definition) is 8. The third-order valence-electron chi connectivity index (χ3n) is 5.50. The maximum absolute atomic E-state index is 13.1. The van der Waals surface area contributed by atoms with Gasteiger partial charge < -0.3 is 10.1 Å². The molecule has 0 radical (unpaired) electrons. The number of fused-ring (bicyclic) bond motifs is 3. The van der Waals surface area contributed by atoms with Gasteiger partial charge in [0.05, 0.1) is 16.6 Å². The topological polar surface area (TPSA) is 86.3 Å². The second-order valence-corrected chi connectivity index (χ2v) is 9.61. The summed E-state index contributed by atoms with van der Waals surface area (Å²) in [6.07, 6.45) is 0.717. The molecule has 0 atom stereocenters. The highest BCUT2D eigenvalue weighted by atomic mass is 32.2. The number of aryl methyl sites for hydroxylation is 2. The number of methoxy groups -OCH3 is 1. The van der Waals surface area contributed by atoms with Crippen LogP contribution in [0.4, 0.5) is 10.8 Å². The summed E-state index contributed by atoms with van der Waals surface area (Å²) in [5.74, 6) is 1.19. The number of nitrogens with one attached hydrogen (secondary N) is 1. The van der Waals surface area contributed by atoms with Gasteiger partial charge >= 0.3 is 0 Å². The molecule has 0 fully saturated rings. The number of ether oxygens (including phenoxy) is 1. The second kappa shape index (κ2) is 9.96. The summed E-state index contributed by atoms with van der Waals surface area (Å²) in [6.45, 7) is 3.16. The van der Waals surface area contributed by atoms with E-state index in [1.807, 2.05) is 46.9 Å². The third kappa shape index (κ3) is 4.44. The normalized spacial score (nSPS) is 11.5. The number of thioether (sulfide) groups is 1. The lowest BCUT2D eigenvalue weighted by molar-refractivity contribution is 0.190. The van der Waals surface area contributed by atoms with Gasteiger partial charge in [-0.05, 0) is 37.1 Å². The lowest BCUT2D eigenvalue weighted by Gasteiger charge is -2.11. The fourth-order valence-corrected chi connectivity index (χ4v) is 5.45. The monoisotopic (exact) mass is 492 g/mol. The first-order valence-electron chi connectivity index (χ1n) is 10.9. The van der Waals surface area contributed by atoms with Gasteiger partial charge in [0.1, 0.15) is 0 Å². The zero-order valence-electron chi connectivity index (χ0n) is 18.9. The SMILES string of the molecule is COCCCn1c(=O)c2ccccc2n2c(SCc3csc(Nc4ccccc4C)n3)nnc12. The molecule has 34 heavy (non-hydrogen) atoms. The number of rotatable bonds is 9. The number of nitrogens with zero attached hydrogens (tertiary/aromatic N) is 5. The van der Waals surface area contributed by atoms with E-state index >= 15 is 0 Å². The van der Waals surface area contributed by atoms with Crippen molar-refractivity contribution in [3.05, 3.63) is 75.5 Å². The first-order valence-corrected chi connectivity index (χ1v) is 12.8. The zero-order valence-corrected chi connectivity index (χ0v) is 20.5. The van der Waals surface area contributed by atoms with Crippen LogP contribution in [-0.2, 0) is 17.0 Å². The Morgan fingerprint density at radius 3 is 2.79 bits per heavy atom. The third-order valence-corrected chi connectivity index (χ3v) is 7.27. The van der Waals surface area contributed by atoms with Crippen molar-refractivity contribution < 1.29 is 4.74 Å². The molecule has 1 N–H and O–H groups in total. The van der Waals surface area contributed by atoms with Crippen LogP contribution in [0.15, 0.2) is 63.9 Å². The fraction of sp³-hybridized carbons (Fsp3) is 0.250. The van der Waals surface area contributed by atoms with Crippen molar-refractivity contribution in [1.29, 1.82) is 0 Å². The van der Waals surface area contributed by atoms with Gasteiger partial charge in [0, 0.05) is 37.1 Å². The van der Waals surface area contributed by atoms with Crippen LogP contribution in [0.2, 0.25) is 0 Å². The Labute approximate surface area is 204 Å². The van der Waals surface area contributed by atoms with E-state index in [0.29, 0.717) is 30.1 Å². The van der Waals surface area contributed by atoms with Crippen molar-refractivity contribution >= 4 is 50.6 Å². The Morgan fingerprint density at radius 1 is 1.12 bits per heavy atom. The molecule has 0 aliphatic heterocycles. The molecule has 0 spiro atoms. The Balaban J connectivity index is 1.42. The molecule has 3 heterocycles. The number of para-hydroxylation sites is 2. The predicted octanol–water partition coefficient (Wildman–Crippen LogP) is 4.88. The van der Waals surface area contributed by atoms with Gasteiger partial charge in [0.25, 0.3) is 5.56 Å². The van der Waals surface area contributed by atoms with Crippen molar-refractivity contribution in [3.8, 4) is 0 Å². The standard InChI is InChI=1S/C24H24N6O2S2/c1-16-8-3-5-10-19(16)26-22-25-17(14-33-22)15-34-24-28-27-23-29(12-7-13-32-2)21(31)18-9-4-6-11-20(18)30(23)24/h3-6,8-11,14H,7,12-13,15H2,1-2H3,(H,25,26). The Bertz CT molecular complexity index is 1510. The quantitative estimate of drug-likeness (QED) is 0.232. The van der Waals surface area contributed by atoms with Crippen LogP contribution in [0.3, 0.4) is 0 Å². The highest BCUT2D eigenvalue weighted by Gasteiger charge is 2.17. The molecule has 0 aliphatic carbocycles. The Morgan fingerprint density at radius 2 is 1.94 bits per heavy atom. The maximum Gasteiger partial charge on any atom is 0.262 e. The average molecular weight is 493 g/mol. The van der Waals surface area contributed by atoms with Crippen LogP contribution < -0.4 is 10.9 Å². The molecule has 0 amide bonds. The molecule has 0 saturated carbocycles. The molecular weight excluding hydrogens is 468 g/mol. The molecule has 0 saturated heterocycles. The summed E-state index contributed by atoms with van der Waals surface area (Å²) < 4.78 is 8.82. The van der Waals surface area contributed by atoms with Gasteiger partial charge in [0.2, 0.25) is 5.78 Å². The van der Waals surface area contributed by atoms with Crippen LogP contribution in [0.25, 0.3) is 16.7 Å². The van der Waals surface area contributed by atoms with Gasteiger partial charge in [-0.2, -0.15) is 0 Å². The maximum atomic E-state index is 13.1. The first-order chi connectivity index (χ1) is 16.7. The lowest BCUT2D eigenvalue weighted by Crippen LogP contribution is -2.24. The highest BCUT2D eigenvalue weighted by Crippen LogP contribution is 2.28. The minimum Gasteiger partial charge on any atom is -0.385 e. The fourth-order valence-electron chi connectivity index (χ4n) is 3.79. The van der Waals surface area contributed by atoms with Gasteiger partial charge in [0.15, 0.2) is 10.3 Å². The summed E-state index contributed by atoms with van der Waals surface area (Å²) >= 11 is 3.13. The molecule has 5 rings (SSSR count). The van der Waals surface area contributed by atoms with E-state index in [2.05, 4.69) is 33.9 Å². The van der Waals surface area contributed by atoms with Gasteiger partial charge in [-0.25, -0.2) is 4.98 Å². The Hall–Kier alpha value is -3.21. The minimum absolute atomic E-state index is 0.0606. The van der Waals surface area contributed by atoms with Crippen LogP contribution in [0.1, 0.15) is 17.7 Å². The van der Waals surface area contributed by atoms with E-state index in [1.165, 1.54) is 5.56 Å². The molecule has 174 valence electrons. The van der Waals surface area contributed by atoms with Crippen LogP contribution >= 0.6 is 23.1 Å². The number of anilines is 2. The predicted molar refractivity (Wildman–Crippen MR) is 137 cm³/mol. The first kappa shape index (κ1) is 22.6. The van der Waals surface area contributed by atoms with E-state index in [1.54, 1.807) is 34.8 Å². The number of aromatic nitrogens is 5. The van der Waals surface area contributed by atoms with Crippen LogP contribution in [0.5, 0.6) is 0 Å². The zero-order chi connectivity index (χ0) is 23.5. The van der Waals surface area contributed by atoms with Crippen molar-refractivity contribution in [2.24, 2.45) is 0 Å². The lowest BCUT2D eigenvalue weighted by atomic mass is 10.2. The molecule has 8 nitrogen and oxygen atoms in total. The number of benzene rings is 2. The molecule has 0 unspecified atom stereocenters. The van der Waals surface area contributed by atoms with E-state index in [4.69, 9.17) is 9.72 Å². The average Bonchev–Trinajstić information content (AvgIpc) is 3.48. The highest BCUT2D eigenvalue weighted by molar-refractivity contribution is 7.98. The van der Waals surface area contributed by atoms with Gasteiger partial charge in [-0.1, -0.05) is 42.1 Å². The van der Waals surface area contributed by atoms with Crippen LogP contribution in [-0.4, -0.2) is 37.9 Å². The largest absolute Gasteiger partial charge is 0.385 e. The van der Waals surface area contributed by atoms with Crippen LogP contribution in [0, 0.1) is 6.92 Å². The summed E-state index contributed by atoms with van der Waals surface area (Å²) in [4.78, 5) is 17.9. The van der Waals surface area contributed by atoms with E-state index in [-0.39, 0.29) is 5.56 Å². The van der Waals surface area contributed by atoms with Crippen molar-refractivity contribution in [2.45, 2.75) is 30.8 Å². The van der Waals surface area contributed by atoms with Crippen molar-refractivity contribution in [3.63, 3.8) is 0 Å². The van der Waals surface area contributed by atoms with Crippen molar-refractivity contribution in [1.82, 2.24) is 24.1 Å². The van der Waals surface area contributed by atoms with Gasteiger partial charge in [-0.15, -0.1) is 21.5 Å². The Kier molecular flexibility index (Phi) is 6.61. The summed E-state index contributed by atoms with van der Waals surface area (Å²) in [5, 5.41) is 16.5. The van der Waals surface area contributed by atoms with Gasteiger partial charge in [-0.3, -0.25) is 13.8 Å². The molecular formula is C24H24N6O2S2. The summed E-state index contributed by atoms with van der Waals surface area (Å²) in [5.41, 5.74) is 3.93.